The van der Waals surface area contributed by atoms with Crippen molar-refractivity contribution in [2.75, 3.05) is 20.1 Å². The average Bonchev–Trinajstić information content (AvgIpc) is 2.99. The van der Waals surface area contributed by atoms with Crippen LogP contribution in [-0.4, -0.2) is 43.3 Å². The van der Waals surface area contributed by atoms with Gasteiger partial charge in [-0.25, -0.2) is 4.39 Å². The van der Waals surface area contributed by atoms with Gasteiger partial charge in [0.15, 0.2) is 5.67 Å². The number of rotatable bonds is 10. The number of aliphatic imine (C=N–C) groups is 2. The normalized spacial score (nSPS) is 16.8. The average molecular weight is 642 g/mol. The summed E-state index contributed by atoms with van der Waals surface area (Å²) in [4.78, 5) is 8.54. The maximum Gasteiger partial charge on any atom is 0.154 e. The van der Waals surface area contributed by atoms with E-state index in [-0.39, 0.29) is 23.1 Å². The SMILES string of the molecule is C#CC.C#CC(=NCC=CC(C)CNC(=C)C(=NC)C1=CC(C)(C)C(N)=CC1N)C(C)(C)F.C/C=C(/P)CC.C/C=C/C.CC. The predicted octanol–water partition coefficient (Wildman–Crippen LogP) is 8.73. The number of nitrogens with one attached hydrogen (secondary N) is 1. The Morgan fingerprint density at radius 2 is 1.76 bits per heavy atom. The molecule has 3 unspecified atom stereocenters. The van der Waals surface area contributed by atoms with Crippen molar-refractivity contribution >= 4 is 20.7 Å². The van der Waals surface area contributed by atoms with Crippen LogP contribution in [0.1, 0.15) is 89.5 Å². The molecule has 0 aromatic rings. The number of alkyl halides is 1. The molecule has 1 aliphatic carbocycles. The molecule has 7 heteroatoms. The largest absolute Gasteiger partial charge is 0.402 e. The van der Waals surface area contributed by atoms with Gasteiger partial charge in [0.05, 0.1) is 24.0 Å². The summed E-state index contributed by atoms with van der Waals surface area (Å²) in [7, 11) is 4.39. The van der Waals surface area contributed by atoms with Crippen molar-refractivity contribution in [2.45, 2.75) is 101 Å². The van der Waals surface area contributed by atoms with Crippen molar-refractivity contribution in [1.82, 2.24) is 5.32 Å². The molecule has 0 radical (unpaired) electrons. The van der Waals surface area contributed by atoms with Gasteiger partial charge >= 0.3 is 0 Å². The smallest absolute Gasteiger partial charge is 0.154 e. The summed E-state index contributed by atoms with van der Waals surface area (Å²) in [6, 6.07) is -0.324. The van der Waals surface area contributed by atoms with Crippen molar-refractivity contribution in [3.05, 3.63) is 71.4 Å². The second-order valence-corrected chi connectivity index (χ2v) is 11.5. The van der Waals surface area contributed by atoms with Crippen LogP contribution in [0.4, 0.5) is 4.39 Å². The lowest BCUT2D eigenvalue weighted by Gasteiger charge is -2.31. The van der Waals surface area contributed by atoms with E-state index in [0.717, 1.165) is 23.4 Å². The lowest BCUT2D eigenvalue weighted by Crippen LogP contribution is -2.37. The fourth-order valence-electron chi connectivity index (χ4n) is 3.21. The molecule has 0 aliphatic heterocycles. The summed E-state index contributed by atoms with van der Waals surface area (Å²) >= 11 is 0. The van der Waals surface area contributed by atoms with E-state index in [1.807, 2.05) is 78.8 Å². The first kappa shape index (κ1) is 48.7. The minimum atomic E-state index is -1.60. The van der Waals surface area contributed by atoms with Gasteiger partial charge in [-0.1, -0.05) is 95.8 Å². The molecule has 0 heterocycles. The highest BCUT2D eigenvalue weighted by Gasteiger charge is 2.29. The quantitative estimate of drug-likeness (QED) is 0.0965. The summed E-state index contributed by atoms with van der Waals surface area (Å²) < 4.78 is 13.9. The number of nitrogens with two attached hydrogens (primary N) is 2. The third kappa shape index (κ3) is 23.8. The Labute approximate surface area is 280 Å². The third-order valence-corrected chi connectivity index (χ3v) is 6.77. The highest BCUT2D eigenvalue weighted by atomic mass is 31.0. The van der Waals surface area contributed by atoms with Crippen molar-refractivity contribution in [3.63, 3.8) is 0 Å². The topological polar surface area (TPSA) is 88.8 Å². The highest BCUT2D eigenvalue weighted by Crippen LogP contribution is 2.32. The van der Waals surface area contributed by atoms with Gasteiger partial charge in [-0.3, -0.25) is 9.98 Å². The summed E-state index contributed by atoms with van der Waals surface area (Å²) in [5.41, 5.74) is 13.7. The van der Waals surface area contributed by atoms with E-state index >= 15 is 0 Å². The molecule has 5 nitrogen and oxygen atoms in total. The van der Waals surface area contributed by atoms with Crippen LogP contribution in [0, 0.1) is 36.0 Å². The molecule has 254 valence electrons. The van der Waals surface area contributed by atoms with E-state index in [1.54, 1.807) is 14.0 Å². The van der Waals surface area contributed by atoms with Crippen LogP contribution in [0.25, 0.3) is 0 Å². The minimum absolute atomic E-state index is 0.116. The fourth-order valence-corrected chi connectivity index (χ4v) is 3.21. The molecule has 0 spiro atoms. The molecular formula is C38H65FN5P. The highest BCUT2D eigenvalue weighted by molar-refractivity contribution is 7.22. The Balaban J connectivity index is -0.000000466. The summed E-state index contributed by atoms with van der Waals surface area (Å²) in [5, 5.41) is 4.71. The molecule has 1 aliphatic rings. The van der Waals surface area contributed by atoms with Crippen molar-refractivity contribution in [1.29, 1.82) is 0 Å². The van der Waals surface area contributed by atoms with E-state index in [0.29, 0.717) is 18.8 Å². The monoisotopic (exact) mass is 641 g/mol. The van der Waals surface area contributed by atoms with Crippen molar-refractivity contribution in [2.24, 2.45) is 32.8 Å². The van der Waals surface area contributed by atoms with Crippen LogP contribution in [-0.2, 0) is 0 Å². The Bertz CT molecular complexity index is 1130. The van der Waals surface area contributed by atoms with Crippen LogP contribution in [0.2, 0.25) is 0 Å². The lowest BCUT2D eigenvalue weighted by atomic mass is 9.79. The third-order valence-electron chi connectivity index (χ3n) is 6.03. The molecule has 0 bridgehead atoms. The zero-order valence-electron chi connectivity index (χ0n) is 30.7. The summed E-state index contributed by atoms with van der Waals surface area (Å²) in [6.45, 7) is 27.9. The fraction of sp³-hybridized carbons (Fsp3) is 0.526. The molecule has 0 aromatic carbocycles. The van der Waals surface area contributed by atoms with Gasteiger partial charge in [0, 0.05) is 24.7 Å². The summed E-state index contributed by atoms with van der Waals surface area (Å²) in [5.74, 6) is 4.76. The number of hydrogen-bond donors (Lipinski definition) is 3. The van der Waals surface area contributed by atoms with E-state index in [9.17, 15) is 4.39 Å². The Hall–Kier alpha value is -3.18. The molecule has 45 heavy (non-hydrogen) atoms. The molecule has 0 saturated heterocycles. The van der Waals surface area contributed by atoms with Gasteiger partial charge in [-0.2, -0.15) is 0 Å². The number of terminal acetylenes is 2. The van der Waals surface area contributed by atoms with Gasteiger partial charge < -0.3 is 16.8 Å². The lowest BCUT2D eigenvalue weighted by molar-refractivity contribution is 0.315. The van der Waals surface area contributed by atoms with Crippen LogP contribution < -0.4 is 16.8 Å². The number of halogens is 1. The van der Waals surface area contributed by atoms with E-state index < -0.39 is 5.67 Å². The van der Waals surface area contributed by atoms with Crippen LogP contribution in [0.3, 0.4) is 0 Å². The van der Waals surface area contributed by atoms with Crippen LogP contribution >= 0.6 is 9.24 Å². The molecule has 0 aromatic heterocycles. The molecule has 0 amide bonds. The van der Waals surface area contributed by atoms with Gasteiger partial charge in [0.25, 0.3) is 0 Å². The first-order valence-electron chi connectivity index (χ1n) is 15.6. The molecule has 0 saturated carbocycles. The number of allylic oxidation sites excluding steroid dienone is 6. The van der Waals surface area contributed by atoms with Gasteiger partial charge in [0.1, 0.15) is 5.71 Å². The molecular weight excluding hydrogens is 576 g/mol. The summed E-state index contributed by atoms with van der Waals surface area (Å²) in [6.07, 6.45) is 25.0. The maximum absolute atomic E-state index is 13.9. The van der Waals surface area contributed by atoms with Crippen LogP contribution in [0.15, 0.2) is 81.4 Å². The minimum Gasteiger partial charge on any atom is -0.402 e. The first-order chi connectivity index (χ1) is 21.0. The Kier molecular flexibility index (Phi) is 30.6. The first-order valence-corrected chi connectivity index (χ1v) is 16.1. The Morgan fingerprint density at radius 1 is 1.24 bits per heavy atom. The second kappa shape index (κ2) is 28.3. The standard InChI is InChI=1S/C24H36FN5.C5H11P.C4H8.C3H4.C2H6/c1-9-21(24(6,7)25)29-12-10-11-16(2)15-30-17(3)22(28-8)18-14-23(4,5)20(27)13-19(18)26;1-3-5(6)4-2;1-3-4-2;1-3-2;1-2/h1,10-11,13-14,16,19,30H,3,12,15,26-27H2,2,4-8H3;3H,4,6H2,1-2H3;3-4H,1-2H3;1H,2H3;1-2H3/b;5-3+;4-3+;;. The van der Waals surface area contributed by atoms with Gasteiger partial charge in [0.2, 0.25) is 0 Å². The molecule has 5 N–H and O–H groups in total. The van der Waals surface area contributed by atoms with E-state index in [2.05, 4.69) is 75.4 Å². The predicted molar refractivity (Wildman–Crippen MR) is 207 cm³/mol. The van der Waals surface area contributed by atoms with E-state index in [1.165, 1.54) is 19.2 Å². The van der Waals surface area contributed by atoms with Crippen molar-refractivity contribution in [3.8, 4) is 24.7 Å². The van der Waals surface area contributed by atoms with E-state index in [4.69, 9.17) is 17.9 Å². The zero-order chi connectivity index (χ0) is 36.2. The molecule has 1 rings (SSSR count). The second-order valence-electron chi connectivity index (χ2n) is 10.8. The number of hydrogen-bond acceptors (Lipinski definition) is 5. The molecule has 3 atom stereocenters. The molecule has 0 fully saturated rings. The van der Waals surface area contributed by atoms with Gasteiger partial charge in [-0.05, 0) is 65.5 Å². The van der Waals surface area contributed by atoms with Crippen LogP contribution in [0.5, 0.6) is 0 Å². The Morgan fingerprint density at radius 3 is 2.11 bits per heavy atom. The number of nitrogens with zero attached hydrogens (tertiary/aromatic N) is 2. The maximum atomic E-state index is 13.9. The van der Waals surface area contributed by atoms with Gasteiger partial charge in [-0.15, -0.1) is 28.0 Å². The zero-order valence-corrected chi connectivity index (χ0v) is 31.8. The van der Waals surface area contributed by atoms with Crippen molar-refractivity contribution < 1.29 is 4.39 Å².